The zero-order valence-corrected chi connectivity index (χ0v) is 9.91. The Morgan fingerprint density at radius 1 is 1.20 bits per heavy atom. The number of para-hydroxylation sites is 1. The first-order valence-corrected chi connectivity index (χ1v) is 5.42. The molecule has 0 unspecified atom stereocenters. The summed E-state index contributed by atoms with van der Waals surface area (Å²) >= 11 is 0. The van der Waals surface area contributed by atoms with Crippen LogP contribution in [0.25, 0.3) is 0 Å². The Balaban J connectivity index is 2.68. The second kappa shape index (κ2) is 3.34. The molecular weight excluding hydrogens is 182 g/mol. The van der Waals surface area contributed by atoms with Gasteiger partial charge in [0.15, 0.2) is 5.71 Å². The first-order valence-electron chi connectivity index (χ1n) is 5.42. The van der Waals surface area contributed by atoms with E-state index in [1.807, 2.05) is 0 Å². The Hall–Kier alpha value is -1.37. The second-order valence-corrected chi connectivity index (χ2v) is 4.59. The van der Waals surface area contributed by atoms with Crippen molar-refractivity contribution in [2.75, 3.05) is 7.05 Å². The highest BCUT2D eigenvalue weighted by atomic mass is 15.0. The van der Waals surface area contributed by atoms with E-state index in [1.54, 1.807) is 0 Å². The molecule has 0 saturated heterocycles. The lowest BCUT2D eigenvalue weighted by atomic mass is 9.81. The average Bonchev–Trinajstić information content (AvgIpc) is 2.41. The van der Waals surface area contributed by atoms with Crippen LogP contribution < -0.4 is 0 Å². The molecule has 1 aliphatic heterocycles. The molecule has 1 aromatic carbocycles. The molecule has 0 amide bonds. The summed E-state index contributed by atoms with van der Waals surface area (Å²) in [6.45, 7) is 6.63. The van der Waals surface area contributed by atoms with Crippen LogP contribution in [0.2, 0.25) is 0 Å². The van der Waals surface area contributed by atoms with Gasteiger partial charge >= 0.3 is 0 Å². The third-order valence-corrected chi connectivity index (χ3v) is 3.26. The molecule has 1 nitrogen and oxygen atoms in total. The third kappa shape index (κ3) is 1.34. The van der Waals surface area contributed by atoms with Crippen molar-refractivity contribution in [1.82, 2.24) is 0 Å². The highest BCUT2D eigenvalue weighted by molar-refractivity contribution is 6.02. The normalized spacial score (nSPS) is 18.7. The molecule has 1 heterocycles. The lowest BCUT2D eigenvalue weighted by Gasteiger charge is -2.14. The molecule has 78 valence electrons. The van der Waals surface area contributed by atoms with E-state index in [9.17, 15) is 0 Å². The van der Waals surface area contributed by atoms with Crippen molar-refractivity contribution in [2.45, 2.75) is 26.2 Å². The molecule has 0 aliphatic carbocycles. The van der Waals surface area contributed by atoms with Gasteiger partial charge in [-0.2, -0.15) is 4.58 Å². The fraction of sp³-hybridized carbons (Fsp3) is 0.357. The molecule has 0 saturated carbocycles. The van der Waals surface area contributed by atoms with Crippen molar-refractivity contribution in [3.05, 3.63) is 42.0 Å². The van der Waals surface area contributed by atoms with E-state index < -0.39 is 0 Å². The third-order valence-electron chi connectivity index (χ3n) is 3.26. The van der Waals surface area contributed by atoms with Gasteiger partial charge in [0.2, 0.25) is 5.69 Å². The minimum Gasteiger partial charge on any atom is -0.198 e. The average molecular weight is 200 g/mol. The lowest BCUT2D eigenvalue weighted by Crippen LogP contribution is -2.26. The van der Waals surface area contributed by atoms with E-state index in [0.717, 1.165) is 0 Å². The molecule has 1 heteroatoms. The molecule has 0 N–H and O–H groups in total. The number of rotatable bonds is 1. The summed E-state index contributed by atoms with van der Waals surface area (Å²) in [6.07, 6.45) is 4.32. The van der Waals surface area contributed by atoms with Gasteiger partial charge < -0.3 is 0 Å². The van der Waals surface area contributed by atoms with Crippen LogP contribution in [0.4, 0.5) is 5.69 Å². The van der Waals surface area contributed by atoms with E-state index in [2.05, 4.69) is 68.8 Å². The first kappa shape index (κ1) is 10.2. The Bertz CT molecular complexity index is 450. The molecule has 0 atom stereocenters. The van der Waals surface area contributed by atoms with E-state index in [0.29, 0.717) is 0 Å². The van der Waals surface area contributed by atoms with E-state index in [4.69, 9.17) is 0 Å². The van der Waals surface area contributed by atoms with Crippen LogP contribution in [-0.4, -0.2) is 17.3 Å². The minimum absolute atomic E-state index is 0.123. The quantitative estimate of drug-likeness (QED) is 0.612. The zero-order valence-electron chi connectivity index (χ0n) is 9.91. The van der Waals surface area contributed by atoms with E-state index >= 15 is 0 Å². The van der Waals surface area contributed by atoms with Crippen molar-refractivity contribution in [1.29, 1.82) is 0 Å². The highest BCUT2D eigenvalue weighted by Gasteiger charge is 2.42. The van der Waals surface area contributed by atoms with E-state index in [-0.39, 0.29) is 5.41 Å². The van der Waals surface area contributed by atoms with Crippen LogP contribution in [0.15, 0.2) is 36.4 Å². The van der Waals surface area contributed by atoms with Crippen molar-refractivity contribution in [3.8, 4) is 0 Å². The number of nitrogens with zero attached hydrogens (tertiary/aromatic N) is 1. The highest BCUT2D eigenvalue weighted by Crippen LogP contribution is 2.38. The summed E-state index contributed by atoms with van der Waals surface area (Å²) < 4.78 is 2.29. The predicted octanol–water partition coefficient (Wildman–Crippen LogP) is 3.27. The van der Waals surface area contributed by atoms with Gasteiger partial charge in [0.05, 0.1) is 5.41 Å². The Morgan fingerprint density at radius 2 is 1.87 bits per heavy atom. The zero-order chi connectivity index (χ0) is 11.1. The number of fused-ring (bicyclic) bond motifs is 1. The van der Waals surface area contributed by atoms with Gasteiger partial charge in [-0.05, 0) is 20.8 Å². The van der Waals surface area contributed by atoms with Crippen LogP contribution in [-0.2, 0) is 5.41 Å². The number of benzene rings is 1. The molecule has 2 rings (SSSR count). The summed E-state index contributed by atoms with van der Waals surface area (Å²) in [6, 6.07) is 8.63. The van der Waals surface area contributed by atoms with Crippen molar-refractivity contribution in [3.63, 3.8) is 0 Å². The largest absolute Gasteiger partial charge is 0.209 e. The minimum atomic E-state index is 0.123. The van der Waals surface area contributed by atoms with Gasteiger partial charge in [-0.25, -0.2) is 0 Å². The summed E-state index contributed by atoms with van der Waals surface area (Å²) in [5.41, 5.74) is 4.24. The summed E-state index contributed by atoms with van der Waals surface area (Å²) in [7, 11) is 2.14. The molecule has 1 aromatic rings. The lowest BCUT2D eigenvalue weighted by molar-refractivity contribution is -0.401. The fourth-order valence-corrected chi connectivity index (χ4v) is 2.46. The van der Waals surface area contributed by atoms with Crippen molar-refractivity contribution < 1.29 is 4.58 Å². The maximum atomic E-state index is 2.29. The van der Waals surface area contributed by atoms with Crippen LogP contribution in [0.3, 0.4) is 0 Å². The molecule has 0 bridgehead atoms. The number of allylic oxidation sites excluding steroid dienone is 2. The molecule has 0 aromatic heterocycles. The SMILES string of the molecule is C/C=C/C1=[N+](C)c2ccccc2C1(C)C. The van der Waals surface area contributed by atoms with Crippen LogP contribution in [0.1, 0.15) is 26.3 Å². The Labute approximate surface area is 91.8 Å². The first-order chi connectivity index (χ1) is 7.09. The Kier molecular flexibility index (Phi) is 2.26. The summed E-state index contributed by atoms with van der Waals surface area (Å²) in [5.74, 6) is 0. The summed E-state index contributed by atoms with van der Waals surface area (Å²) in [4.78, 5) is 0. The standard InChI is InChI=1S/C14H18N/c1-5-8-13-14(2,3)11-9-6-7-10-12(11)15(13)4/h5-10H,1-4H3/q+1/b8-5+. The van der Waals surface area contributed by atoms with Gasteiger partial charge in [0, 0.05) is 17.7 Å². The van der Waals surface area contributed by atoms with E-state index in [1.165, 1.54) is 17.0 Å². The maximum Gasteiger partial charge on any atom is 0.209 e. The topological polar surface area (TPSA) is 3.01 Å². The smallest absolute Gasteiger partial charge is 0.198 e. The summed E-state index contributed by atoms with van der Waals surface area (Å²) in [5, 5.41) is 0. The molecule has 15 heavy (non-hydrogen) atoms. The molecular formula is C14H18N+. The number of hydrogen-bond acceptors (Lipinski definition) is 0. The predicted molar refractivity (Wildman–Crippen MR) is 65.1 cm³/mol. The monoisotopic (exact) mass is 200 g/mol. The molecule has 0 radical (unpaired) electrons. The van der Waals surface area contributed by atoms with Crippen LogP contribution >= 0.6 is 0 Å². The Morgan fingerprint density at radius 3 is 2.47 bits per heavy atom. The van der Waals surface area contributed by atoms with Gasteiger partial charge in [-0.15, -0.1) is 0 Å². The molecule has 0 spiro atoms. The van der Waals surface area contributed by atoms with Gasteiger partial charge in [-0.3, -0.25) is 0 Å². The fourth-order valence-electron chi connectivity index (χ4n) is 2.46. The number of hydrogen-bond donors (Lipinski definition) is 0. The van der Waals surface area contributed by atoms with Gasteiger partial charge in [-0.1, -0.05) is 24.3 Å². The van der Waals surface area contributed by atoms with Crippen LogP contribution in [0, 0.1) is 0 Å². The van der Waals surface area contributed by atoms with Crippen LogP contribution in [0.5, 0.6) is 0 Å². The molecule has 1 aliphatic rings. The van der Waals surface area contributed by atoms with Gasteiger partial charge in [0.1, 0.15) is 7.05 Å². The van der Waals surface area contributed by atoms with Crippen molar-refractivity contribution >= 4 is 11.4 Å². The van der Waals surface area contributed by atoms with Gasteiger partial charge in [0.25, 0.3) is 0 Å². The second-order valence-electron chi connectivity index (χ2n) is 4.59. The molecule has 0 fully saturated rings. The van der Waals surface area contributed by atoms with Crippen molar-refractivity contribution in [2.24, 2.45) is 0 Å². The maximum absolute atomic E-state index is 2.29.